The molecule has 29 heavy (non-hydrogen) atoms. The van der Waals surface area contributed by atoms with Crippen molar-refractivity contribution in [1.82, 2.24) is 0 Å². The van der Waals surface area contributed by atoms with Crippen LogP contribution in [0.15, 0.2) is 59.2 Å². The highest BCUT2D eigenvalue weighted by atomic mass is 16.1. The number of aryl methyl sites for hydroxylation is 1. The fourth-order valence-electron chi connectivity index (χ4n) is 5.70. The third-order valence-electron chi connectivity index (χ3n) is 7.87. The zero-order valence-electron chi connectivity index (χ0n) is 17.9. The predicted molar refractivity (Wildman–Crippen MR) is 120 cm³/mol. The van der Waals surface area contributed by atoms with Crippen molar-refractivity contribution in [2.24, 2.45) is 17.3 Å². The van der Waals surface area contributed by atoms with E-state index in [1.54, 1.807) is 0 Å². The van der Waals surface area contributed by atoms with Gasteiger partial charge < -0.3 is 0 Å². The number of carbonyl (C=O) groups excluding carboxylic acids is 1. The predicted octanol–water partition coefficient (Wildman–Crippen LogP) is 6.74. The van der Waals surface area contributed by atoms with Gasteiger partial charge in [-0.1, -0.05) is 67.8 Å². The number of carbonyl (C=O) groups is 1. The minimum Gasteiger partial charge on any atom is -0.298 e. The van der Waals surface area contributed by atoms with Crippen LogP contribution in [0.5, 0.6) is 0 Å². The van der Waals surface area contributed by atoms with Gasteiger partial charge in [-0.15, -0.1) is 0 Å². The molecule has 1 aromatic carbocycles. The number of hydrogen-bond donors (Lipinski definition) is 0. The highest BCUT2D eigenvalue weighted by Crippen LogP contribution is 2.59. The lowest BCUT2D eigenvalue weighted by atomic mass is 9.73. The molecule has 1 nitrogen and oxygen atoms in total. The Morgan fingerprint density at radius 2 is 1.86 bits per heavy atom. The van der Waals surface area contributed by atoms with E-state index in [2.05, 4.69) is 69.7 Å². The normalized spacial score (nSPS) is 26.2. The van der Waals surface area contributed by atoms with Crippen LogP contribution >= 0.6 is 0 Å². The van der Waals surface area contributed by atoms with E-state index in [0.717, 1.165) is 12.8 Å². The molecule has 2 unspecified atom stereocenters. The Hall–Kier alpha value is -2.15. The highest BCUT2D eigenvalue weighted by molar-refractivity contribution is 6.02. The molecule has 4 aliphatic rings. The van der Waals surface area contributed by atoms with Crippen molar-refractivity contribution < 1.29 is 4.79 Å². The smallest absolute Gasteiger partial charge is 0.154 e. The maximum Gasteiger partial charge on any atom is 0.154 e. The van der Waals surface area contributed by atoms with Crippen LogP contribution in [0, 0.1) is 30.6 Å². The fourth-order valence-corrected chi connectivity index (χ4v) is 5.70. The van der Waals surface area contributed by atoms with E-state index in [9.17, 15) is 4.79 Å². The van der Waals surface area contributed by atoms with E-state index in [1.165, 1.54) is 64.7 Å². The number of Topliss-reactive ketones (excluding diaryl/α,β-unsaturated/α-hetero) is 1. The van der Waals surface area contributed by atoms with Crippen LogP contribution in [0.25, 0.3) is 5.57 Å². The van der Waals surface area contributed by atoms with Crippen LogP contribution in [0.2, 0.25) is 0 Å². The topological polar surface area (TPSA) is 17.1 Å². The van der Waals surface area contributed by atoms with Crippen molar-refractivity contribution in [2.75, 3.05) is 0 Å². The first kappa shape index (κ1) is 18.9. The first-order chi connectivity index (χ1) is 14.0. The average molecular weight is 384 g/mol. The molecule has 0 aliphatic heterocycles. The summed E-state index contributed by atoms with van der Waals surface area (Å²) in [5.41, 5.74) is 9.10. The molecule has 1 radical (unpaired) electrons. The third kappa shape index (κ3) is 3.10. The molecule has 0 N–H and O–H groups in total. The molecule has 2 atom stereocenters. The average Bonchev–Trinajstić information content (AvgIpc) is 3.64. The fraction of sp³-hybridized carbons (Fsp3) is 0.429. The summed E-state index contributed by atoms with van der Waals surface area (Å²) >= 11 is 0. The number of fused-ring (bicyclic) bond motifs is 1. The molecule has 1 saturated carbocycles. The molecule has 0 amide bonds. The summed E-state index contributed by atoms with van der Waals surface area (Å²) in [6, 6.07) is 6.66. The van der Waals surface area contributed by atoms with Crippen molar-refractivity contribution in [3.8, 4) is 0 Å². The Morgan fingerprint density at radius 3 is 2.59 bits per heavy atom. The van der Waals surface area contributed by atoms with Gasteiger partial charge in [0.15, 0.2) is 5.78 Å². The summed E-state index contributed by atoms with van der Waals surface area (Å²) in [5, 5.41) is 0. The zero-order chi connectivity index (χ0) is 20.2. The van der Waals surface area contributed by atoms with Crippen molar-refractivity contribution in [2.45, 2.75) is 59.3 Å². The van der Waals surface area contributed by atoms with Gasteiger partial charge in [0.2, 0.25) is 0 Å². The Kier molecular flexibility index (Phi) is 4.53. The molecule has 0 aromatic heterocycles. The molecule has 0 bridgehead atoms. The SMILES string of the molecule is CC1=CC=C(CCc2cccc(C3=C[CH]3)c2C)C2=CC12C(=O)C(C)C1CCCC1. The van der Waals surface area contributed by atoms with Crippen LogP contribution in [0.4, 0.5) is 0 Å². The summed E-state index contributed by atoms with van der Waals surface area (Å²) in [7, 11) is 0. The second-order valence-electron chi connectivity index (χ2n) is 9.48. The number of hydrogen-bond acceptors (Lipinski definition) is 1. The first-order valence-corrected chi connectivity index (χ1v) is 11.3. The van der Waals surface area contributed by atoms with E-state index < -0.39 is 0 Å². The molecule has 1 fully saturated rings. The van der Waals surface area contributed by atoms with Crippen molar-refractivity contribution in [3.63, 3.8) is 0 Å². The molecular weight excluding hydrogens is 352 g/mol. The maximum atomic E-state index is 13.5. The van der Waals surface area contributed by atoms with Gasteiger partial charge in [-0.05, 0) is 78.9 Å². The van der Waals surface area contributed by atoms with Gasteiger partial charge in [0.1, 0.15) is 0 Å². The van der Waals surface area contributed by atoms with Gasteiger partial charge in [0, 0.05) is 12.3 Å². The standard InChI is InChI=1S/C28H31O/c1-18-11-12-24(16-13-22-9-6-10-25(19(22)2)23-14-15-23)26-17-28(18,26)27(29)20(3)21-7-4-5-8-21/h6,9-12,14-15,17,20-21H,4-5,7-8,13,16H2,1-3H3. The van der Waals surface area contributed by atoms with E-state index in [1.807, 2.05) is 0 Å². The van der Waals surface area contributed by atoms with Gasteiger partial charge in [0.25, 0.3) is 0 Å². The minimum absolute atomic E-state index is 0.177. The second-order valence-corrected chi connectivity index (χ2v) is 9.48. The third-order valence-corrected chi connectivity index (χ3v) is 7.87. The van der Waals surface area contributed by atoms with E-state index >= 15 is 0 Å². The molecule has 0 spiro atoms. The largest absolute Gasteiger partial charge is 0.298 e. The molecule has 0 heterocycles. The molecule has 149 valence electrons. The quantitative estimate of drug-likeness (QED) is 0.510. The van der Waals surface area contributed by atoms with Crippen LogP contribution in [-0.2, 0) is 11.2 Å². The number of benzene rings is 1. The van der Waals surface area contributed by atoms with E-state index in [0.29, 0.717) is 11.7 Å². The van der Waals surface area contributed by atoms with Gasteiger partial charge >= 0.3 is 0 Å². The molecule has 4 aliphatic carbocycles. The summed E-state index contributed by atoms with van der Waals surface area (Å²) in [6.07, 6.45) is 18.2. The summed E-state index contributed by atoms with van der Waals surface area (Å²) in [5.74, 6) is 1.22. The Labute approximate surface area is 175 Å². The monoisotopic (exact) mass is 383 g/mol. The van der Waals surface area contributed by atoms with Crippen LogP contribution < -0.4 is 0 Å². The molecule has 1 heteroatoms. The minimum atomic E-state index is -0.364. The zero-order valence-corrected chi connectivity index (χ0v) is 17.9. The first-order valence-electron chi connectivity index (χ1n) is 11.3. The van der Waals surface area contributed by atoms with Crippen molar-refractivity contribution in [1.29, 1.82) is 0 Å². The van der Waals surface area contributed by atoms with Gasteiger partial charge in [-0.25, -0.2) is 0 Å². The highest BCUT2D eigenvalue weighted by Gasteiger charge is 2.55. The van der Waals surface area contributed by atoms with Crippen molar-refractivity contribution in [3.05, 3.63) is 82.3 Å². The van der Waals surface area contributed by atoms with Crippen LogP contribution in [-0.4, -0.2) is 5.78 Å². The summed E-state index contributed by atoms with van der Waals surface area (Å²) < 4.78 is 0. The number of ketones is 1. The Morgan fingerprint density at radius 1 is 1.10 bits per heavy atom. The van der Waals surface area contributed by atoms with Gasteiger partial charge in [0.05, 0.1) is 5.41 Å². The van der Waals surface area contributed by atoms with Gasteiger partial charge in [-0.3, -0.25) is 4.79 Å². The summed E-state index contributed by atoms with van der Waals surface area (Å²) in [4.78, 5) is 13.5. The van der Waals surface area contributed by atoms with E-state index in [-0.39, 0.29) is 11.3 Å². The lowest BCUT2D eigenvalue weighted by Crippen LogP contribution is -2.32. The van der Waals surface area contributed by atoms with Crippen LogP contribution in [0.1, 0.15) is 62.6 Å². The van der Waals surface area contributed by atoms with Crippen molar-refractivity contribution >= 4 is 11.4 Å². The molecule has 0 saturated heterocycles. The van der Waals surface area contributed by atoms with Crippen LogP contribution in [0.3, 0.4) is 0 Å². The Bertz CT molecular complexity index is 993. The molecule has 1 aromatic rings. The lowest BCUT2D eigenvalue weighted by Gasteiger charge is -2.28. The molecule has 5 rings (SSSR count). The van der Waals surface area contributed by atoms with E-state index in [4.69, 9.17) is 0 Å². The Balaban J connectivity index is 1.31. The number of allylic oxidation sites excluding steroid dienone is 8. The second kappa shape index (κ2) is 6.97. The maximum absolute atomic E-state index is 13.5. The summed E-state index contributed by atoms with van der Waals surface area (Å²) in [6.45, 7) is 6.56. The molecular formula is C28H31O. The number of rotatable bonds is 7. The lowest BCUT2D eigenvalue weighted by molar-refractivity contribution is -0.127. The van der Waals surface area contributed by atoms with Gasteiger partial charge in [-0.2, -0.15) is 0 Å².